The Hall–Kier alpha value is -3.58. The summed E-state index contributed by atoms with van der Waals surface area (Å²) < 4.78 is 26.6. The summed E-state index contributed by atoms with van der Waals surface area (Å²) in [5.74, 6) is -1.59. The summed E-state index contributed by atoms with van der Waals surface area (Å²) in [6, 6.07) is 14.2. The van der Waals surface area contributed by atoms with Gasteiger partial charge in [0.1, 0.15) is 11.2 Å². The summed E-state index contributed by atoms with van der Waals surface area (Å²) >= 11 is 11.8. The Balaban J connectivity index is 0.000000266. The molecule has 2 heterocycles. The molecule has 12 nitrogen and oxygen atoms in total. The lowest BCUT2D eigenvalue weighted by molar-refractivity contribution is -0.162. The van der Waals surface area contributed by atoms with E-state index >= 15 is 0 Å². The van der Waals surface area contributed by atoms with Crippen molar-refractivity contribution in [2.75, 3.05) is 33.4 Å². The molecule has 0 radical (unpaired) electrons. The van der Waals surface area contributed by atoms with Crippen molar-refractivity contribution in [3.05, 3.63) is 69.7 Å². The van der Waals surface area contributed by atoms with Crippen LogP contribution in [0.5, 0.6) is 0 Å². The standard InChI is InChI=1S/C18H24ClNO5.C17H22ClNO5/c1-18(2,3)25-17(22)20-10-15(16(21)23-4)24-11-14(20)9-12-5-7-13(19)8-6-12;1-17(2,3)24-16(22)19-9-14(15(20)21)23-10-13(19)8-11-4-6-12(18)7-5-11/h5-8,14-15H,9-11H2,1-4H3;4-7,13-14H,8-10H2,1-3H3,(H,20,21)/t14-,15+;13-,14+/m00/s1. The molecular weight excluding hydrogens is 679 g/mol. The van der Waals surface area contributed by atoms with Crippen molar-refractivity contribution in [2.24, 2.45) is 0 Å². The number of carbonyl (C=O) groups excluding carboxylic acids is 3. The molecule has 270 valence electrons. The van der Waals surface area contributed by atoms with Crippen molar-refractivity contribution in [2.45, 2.75) is 89.9 Å². The van der Waals surface area contributed by atoms with Crippen LogP contribution in [-0.4, -0.2) is 108 Å². The number of hydrogen-bond donors (Lipinski definition) is 1. The number of carboxylic acids is 1. The minimum Gasteiger partial charge on any atom is -0.479 e. The van der Waals surface area contributed by atoms with Crippen LogP contribution < -0.4 is 0 Å². The van der Waals surface area contributed by atoms with Gasteiger partial charge in [0.15, 0.2) is 12.2 Å². The van der Waals surface area contributed by atoms with Gasteiger partial charge in [-0.1, -0.05) is 47.5 Å². The molecule has 2 aliphatic heterocycles. The number of aliphatic carboxylic acids is 1. The molecule has 0 bridgehead atoms. The minimum absolute atomic E-state index is 0.0392. The van der Waals surface area contributed by atoms with Gasteiger partial charge in [-0.2, -0.15) is 0 Å². The molecule has 0 aromatic heterocycles. The van der Waals surface area contributed by atoms with Gasteiger partial charge in [-0.25, -0.2) is 19.2 Å². The van der Waals surface area contributed by atoms with Gasteiger partial charge in [0, 0.05) is 10.0 Å². The Kier molecular flexibility index (Phi) is 14.1. The molecule has 2 aliphatic rings. The van der Waals surface area contributed by atoms with E-state index in [1.165, 1.54) is 12.0 Å². The van der Waals surface area contributed by atoms with Crippen molar-refractivity contribution in [3.8, 4) is 0 Å². The molecule has 4 rings (SSSR count). The van der Waals surface area contributed by atoms with Gasteiger partial charge in [0.25, 0.3) is 0 Å². The molecule has 2 saturated heterocycles. The van der Waals surface area contributed by atoms with E-state index in [2.05, 4.69) is 0 Å². The van der Waals surface area contributed by atoms with E-state index in [0.29, 0.717) is 22.9 Å². The van der Waals surface area contributed by atoms with Crippen LogP contribution in [0.4, 0.5) is 9.59 Å². The summed E-state index contributed by atoms with van der Waals surface area (Å²) in [5, 5.41) is 10.4. The number of rotatable bonds is 6. The van der Waals surface area contributed by atoms with Gasteiger partial charge in [-0.3, -0.25) is 9.80 Å². The lowest BCUT2D eigenvalue weighted by Crippen LogP contribution is -2.56. The van der Waals surface area contributed by atoms with E-state index in [1.54, 1.807) is 70.7 Å². The molecule has 0 spiro atoms. The number of hydrogen-bond acceptors (Lipinski definition) is 9. The van der Waals surface area contributed by atoms with Crippen LogP contribution in [0.1, 0.15) is 52.7 Å². The average molecular weight is 726 g/mol. The number of nitrogens with zero attached hydrogens (tertiary/aromatic N) is 2. The van der Waals surface area contributed by atoms with Gasteiger partial charge in [0.2, 0.25) is 0 Å². The van der Waals surface area contributed by atoms with Gasteiger partial charge in [-0.15, -0.1) is 0 Å². The molecule has 1 N–H and O–H groups in total. The highest BCUT2D eigenvalue weighted by Crippen LogP contribution is 2.23. The number of morpholine rings is 2. The number of methoxy groups -OCH3 is 1. The zero-order chi connectivity index (χ0) is 36.5. The second-order valence-electron chi connectivity index (χ2n) is 13.7. The zero-order valence-electron chi connectivity index (χ0n) is 28.9. The van der Waals surface area contributed by atoms with Crippen LogP contribution in [0.3, 0.4) is 0 Å². The summed E-state index contributed by atoms with van der Waals surface area (Å²) in [5.41, 5.74) is 0.721. The van der Waals surface area contributed by atoms with E-state index in [-0.39, 0.29) is 38.4 Å². The highest BCUT2D eigenvalue weighted by Gasteiger charge is 2.39. The summed E-state index contributed by atoms with van der Waals surface area (Å²) in [6.45, 7) is 11.1. The maximum absolute atomic E-state index is 12.6. The first kappa shape index (κ1) is 39.9. The highest BCUT2D eigenvalue weighted by molar-refractivity contribution is 6.30. The zero-order valence-corrected chi connectivity index (χ0v) is 30.5. The third kappa shape index (κ3) is 13.0. The van der Waals surface area contributed by atoms with Crippen LogP contribution >= 0.6 is 23.2 Å². The van der Waals surface area contributed by atoms with Crippen LogP contribution in [-0.2, 0) is 46.1 Å². The molecule has 0 unspecified atom stereocenters. The molecule has 2 aromatic carbocycles. The molecular formula is C35H46Cl2N2O10. The smallest absolute Gasteiger partial charge is 0.410 e. The summed E-state index contributed by atoms with van der Waals surface area (Å²) in [4.78, 5) is 51.0. The fraction of sp³-hybridized carbons (Fsp3) is 0.543. The van der Waals surface area contributed by atoms with E-state index in [9.17, 15) is 19.2 Å². The van der Waals surface area contributed by atoms with Crippen molar-refractivity contribution >= 4 is 47.3 Å². The third-order valence-electron chi connectivity index (χ3n) is 7.35. The Labute approximate surface area is 297 Å². The van der Waals surface area contributed by atoms with Crippen LogP contribution in [0, 0.1) is 0 Å². The lowest BCUT2D eigenvalue weighted by Gasteiger charge is -2.39. The van der Waals surface area contributed by atoms with E-state index in [1.807, 2.05) is 24.3 Å². The molecule has 2 fully saturated rings. The monoisotopic (exact) mass is 724 g/mol. The Bertz CT molecular complexity index is 1420. The van der Waals surface area contributed by atoms with E-state index in [4.69, 9.17) is 52.0 Å². The molecule has 2 aromatic rings. The third-order valence-corrected chi connectivity index (χ3v) is 7.85. The van der Waals surface area contributed by atoms with Crippen LogP contribution in [0.15, 0.2) is 48.5 Å². The Morgan fingerprint density at radius 1 is 0.714 bits per heavy atom. The van der Waals surface area contributed by atoms with Gasteiger partial charge in [-0.05, 0) is 89.8 Å². The molecule has 49 heavy (non-hydrogen) atoms. The van der Waals surface area contributed by atoms with Gasteiger partial charge >= 0.3 is 24.1 Å². The lowest BCUT2D eigenvalue weighted by atomic mass is 10.0. The normalized spacial score (nSPS) is 21.2. The maximum Gasteiger partial charge on any atom is 0.410 e. The van der Waals surface area contributed by atoms with E-state index < -0.39 is 47.5 Å². The average Bonchev–Trinajstić information content (AvgIpc) is 3.01. The number of ether oxygens (including phenoxy) is 5. The van der Waals surface area contributed by atoms with Crippen molar-refractivity contribution in [1.29, 1.82) is 0 Å². The maximum atomic E-state index is 12.6. The summed E-state index contributed by atoms with van der Waals surface area (Å²) in [6.07, 6.45) is -1.75. The van der Waals surface area contributed by atoms with E-state index in [0.717, 1.165) is 11.1 Å². The van der Waals surface area contributed by atoms with Crippen molar-refractivity contribution < 1.29 is 48.0 Å². The number of esters is 1. The second kappa shape index (κ2) is 17.4. The van der Waals surface area contributed by atoms with Gasteiger partial charge in [0.05, 0.1) is 45.5 Å². The first-order valence-corrected chi connectivity index (χ1v) is 16.6. The van der Waals surface area contributed by atoms with Crippen LogP contribution in [0.25, 0.3) is 0 Å². The predicted octanol–water partition coefficient (Wildman–Crippen LogP) is 6.03. The molecule has 0 saturated carbocycles. The van der Waals surface area contributed by atoms with Crippen molar-refractivity contribution in [1.82, 2.24) is 9.80 Å². The Morgan fingerprint density at radius 2 is 1.08 bits per heavy atom. The molecule has 14 heteroatoms. The van der Waals surface area contributed by atoms with Gasteiger partial charge < -0.3 is 28.8 Å². The molecule has 0 aliphatic carbocycles. The second-order valence-corrected chi connectivity index (χ2v) is 14.6. The number of amides is 2. The number of carbonyl (C=O) groups is 4. The molecule has 4 atom stereocenters. The SMILES string of the molecule is CC(C)(C)OC(=O)N1C[C@H](C(=O)O)OC[C@@H]1Cc1ccc(Cl)cc1.COC(=O)[C@H]1CN(C(=O)OC(C)(C)C)[C@@H](Cc2ccc(Cl)cc2)CO1. The first-order chi connectivity index (χ1) is 22.8. The number of benzene rings is 2. The number of halogens is 2. The predicted molar refractivity (Wildman–Crippen MR) is 183 cm³/mol. The first-order valence-electron chi connectivity index (χ1n) is 15.9. The van der Waals surface area contributed by atoms with Crippen molar-refractivity contribution in [3.63, 3.8) is 0 Å². The molecule has 2 amide bonds. The quantitative estimate of drug-likeness (QED) is 0.277. The van der Waals surface area contributed by atoms with Crippen LogP contribution in [0.2, 0.25) is 10.0 Å². The fourth-order valence-electron chi connectivity index (χ4n) is 5.03. The summed E-state index contributed by atoms with van der Waals surface area (Å²) in [7, 11) is 1.29. The largest absolute Gasteiger partial charge is 0.479 e. The number of carboxylic acid groups (broad SMARTS) is 1. The Morgan fingerprint density at radius 3 is 1.43 bits per heavy atom. The minimum atomic E-state index is -1.09. The topological polar surface area (TPSA) is 141 Å². The fourth-order valence-corrected chi connectivity index (χ4v) is 5.28. The highest BCUT2D eigenvalue weighted by atomic mass is 35.5.